The molecule has 0 fully saturated rings. The lowest BCUT2D eigenvalue weighted by Crippen LogP contribution is -2.07. The van der Waals surface area contributed by atoms with Crippen molar-refractivity contribution in [3.05, 3.63) is 59.1 Å². The van der Waals surface area contributed by atoms with Crippen LogP contribution in [-0.4, -0.2) is 11.0 Å². The number of carbonyl (C=O) groups excluding carboxylic acids is 1. The number of nitriles is 1. The quantitative estimate of drug-likeness (QED) is 0.411. The standard InChI is InChI=1S/C18H14N2O3/c1-11(22-12(2)21)14(10-19)15-7-8-18-16(20-15)9-13-5-3-4-6-17(13)23-18/h3-8H,9H2,1-2H3. The van der Waals surface area contributed by atoms with Crippen LogP contribution in [0.4, 0.5) is 0 Å². The second-order valence-electron chi connectivity index (χ2n) is 5.16. The van der Waals surface area contributed by atoms with E-state index in [4.69, 9.17) is 9.47 Å². The summed E-state index contributed by atoms with van der Waals surface area (Å²) in [4.78, 5) is 15.6. The van der Waals surface area contributed by atoms with Gasteiger partial charge in [-0.05, 0) is 25.1 Å². The fraction of sp³-hybridized carbons (Fsp3) is 0.167. The molecule has 5 heteroatoms. The van der Waals surface area contributed by atoms with Gasteiger partial charge in [0.05, 0.1) is 11.4 Å². The molecule has 1 aliphatic rings. The molecular weight excluding hydrogens is 292 g/mol. The van der Waals surface area contributed by atoms with Crippen molar-refractivity contribution >= 4 is 11.5 Å². The van der Waals surface area contributed by atoms with Gasteiger partial charge in [-0.15, -0.1) is 0 Å². The highest BCUT2D eigenvalue weighted by atomic mass is 16.5. The minimum absolute atomic E-state index is 0.238. The molecule has 0 atom stereocenters. The first kappa shape index (κ1) is 14.8. The molecule has 1 aromatic heterocycles. The third kappa shape index (κ3) is 2.92. The molecule has 0 bridgehead atoms. The number of aromatic nitrogens is 1. The summed E-state index contributed by atoms with van der Waals surface area (Å²) in [7, 11) is 0. The van der Waals surface area contributed by atoms with Crippen LogP contribution in [0.25, 0.3) is 5.57 Å². The fourth-order valence-corrected chi connectivity index (χ4v) is 2.48. The van der Waals surface area contributed by atoms with Gasteiger partial charge in [-0.3, -0.25) is 4.79 Å². The number of fused-ring (bicyclic) bond motifs is 2. The summed E-state index contributed by atoms with van der Waals surface area (Å²) in [6.07, 6.45) is 0.630. The van der Waals surface area contributed by atoms with Gasteiger partial charge in [0.25, 0.3) is 0 Å². The zero-order valence-corrected chi connectivity index (χ0v) is 12.8. The molecule has 0 radical (unpaired) electrons. The predicted octanol–water partition coefficient (Wildman–Crippen LogP) is 3.60. The smallest absolute Gasteiger partial charge is 0.307 e. The highest BCUT2D eigenvalue weighted by Gasteiger charge is 2.20. The average Bonchev–Trinajstić information content (AvgIpc) is 2.52. The number of hydrogen-bond donors (Lipinski definition) is 0. The molecule has 0 spiro atoms. The van der Waals surface area contributed by atoms with Crippen LogP contribution in [0.1, 0.15) is 30.8 Å². The summed E-state index contributed by atoms with van der Waals surface area (Å²) in [5.41, 5.74) is 2.50. The molecule has 5 nitrogen and oxygen atoms in total. The van der Waals surface area contributed by atoms with Crippen LogP contribution in [0.3, 0.4) is 0 Å². The van der Waals surface area contributed by atoms with Crippen LogP contribution < -0.4 is 4.74 Å². The van der Waals surface area contributed by atoms with Crippen molar-refractivity contribution in [3.63, 3.8) is 0 Å². The monoisotopic (exact) mass is 306 g/mol. The van der Waals surface area contributed by atoms with Crippen LogP contribution in [0.2, 0.25) is 0 Å². The van der Waals surface area contributed by atoms with Crippen molar-refractivity contribution < 1.29 is 14.3 Å². The number of para-hydroxylation sites is 1. The van der Waals surface area contributed by atoms with E-state index in [-0.39, 0.29) is 11.3 Å². The van der Waals surface area contributed by atoms with Crippen molar-refractivity contribution in [2.75, 3.05) is 0 Å². The number of esters is 1. The molecule has 0 N–H and O–H groups in total. The molecule has 23 heavy (non-hydrogen) atoms. The maximum atomic E-state index is 11.1. The van der Waals surface area contributed by atoms with E-state index in [0.717, 1.165) is 17.0 Å². The first-order valence-electron chi connectivity index (χ1n) is 7.14. The molecular formula is C18H14N2O3. The average molecular weight is 306 g/mol. The summed E-state index contributed by atoms with van der Waals surface area (Å²) in [6, 6.07) is 13.3. The highest BCUT2D eigenvalue weighted by molar-refractivity contribution is 5.79. The molecule has 2 aromatic rings. The Morgan fingerprint density at radius 2 is 2.00 bits per heavy atom. The molecule has 0 amide bonds. The Hall–Kier alpha value is -3.13. The summed E-state index contributed by atoms with van der Waals surface area (Å²) >= 11 is 0. The van der Waals surface area contributed by atoms with Gasteiger partial charge in [-0.25, -0.2) is 4.98 Å². The largest absolute Gasteiger partial charge is 0.455 e. The molecule has 1 aromatic carbocycles. The second kappa shape index (κ2) is 5.93. The second-order valence-corrected chi connectivity index (χ2v) is 5.16. The molecule has 0 saturated heterocycles. The van der Waals surface area contributed by atoms with Gasteiger partial charge >= 0.3 is 5.97 Å². The Labute approximate surface area is 133 Å². The van der Waals surface area contributed by atoms with E-state index in [1.807, 2.05) is 30.3 Å². The fourth-order valence-electron chi connectivity index (χ4n) is 2.48. The normalized spacial score (nSPS) is 12.9. The molecule has 0 saturated carbocycles. The van der Waals surface area contributed by atoms with Crippen molar-refractivity contribution in [2.45, 2.75) is 20.3 Å². The molecule has 114 valence electrons. The predicted molar refractivity (Wildman–Crippen MR) is 83.5 cm³/mol. The lowest BCUT2D eigenvalue weighted by Gasteiger charge is -2.19. The van der Waals surface area contributed by atoms with Gasteiger partial charge in [0.2, 0.25) is 0 Å². The van der Waals surface area contributed by atoms with E-state index in [1.54, 1.807) is 19.1 Å². The minimum atomic E-state index is -0.467. The van der Waals surface area contributed by atoms with Gasteiger partial charge in [0.15, 0.2) is 0 Å². The topological polar surface area (TPSA) is 72.2 Å². The first-order valence-corrected chi connectivity index (χ1v) is 7.14. The third-order valence-corrected chi connectivity index (χ3v) is 3.50. The van der Waals surface area contributed by atoms with E-state index in [0.29, 0.717) is 17.9 Å². The van der Waals surface area contributed by atoms with Gasteiger partial charge in [0, 0.05) is 18.9 Å². The van der Waals surface area contributed by atoms with Gasteiger partial charge in [0.1, 0.15) is 28.9 Å². The Balaban J connectivity index is 1.99. The number of nitrogens with zero attached hydrogens (tertiary/aromatic N) is 2. The van der Waals surface area contributed by atoms with E-state index in [1.165, 1.54) is 6.92 Å². The Morgan fingerprint density at radius 1 is 1.22 bits per heavy atom. The number of ether oxygens (including phenoxy) is 2. The maximum Gasteiger partial charge on any atom is 0.307 e. The van der Waals surface area contributed by atoms with Crippen molar-refractivity contribution in [1.29, 1.82) is 5.26 Å². The van der Waals surface area contributed by atoms with Crippen LogP contribution in [0.5, 0.6) is 11.5 Å². The number of pyridine rings is 1. The number of rotatable bonds is 2. The lowest BCUT2D eigenvalue weighted by atomic mass is 10.0. The molecule has 0 unspecified atom stereocenters. The number of allylic oxidation sites excluding steroid dienone is 2. The summed E-state index contributed by atoms with van der Waals surface area (Å²) < 4.78 is 10.8. The summed E-state index contributed by atoms with van der Waals surface area (Å²) in [5, 5.41) is 9.35. The van der Waals surface area contributed by atoms with Crippen LogP contribution in [0.15, 0.2) is 42.2 Å². The van der Waals surface area contributed by atoms with E-state index in [2.05, 4.69) is 4.98 Å². The number of benzene rings is 1. The van der Waals surface area contributed by atoms with E-state index in [9.17, 15) is 10.1 Å². The Kier molecular flexibility index (Phi) is 3.82. The number of carbonyl (C=O) groups is 1. The maximum absolute atomic E-state index is 11.1. The van der Waals surface area contributed by atoms with Crippen molar-refractivity contribution in [2.24, 2.45) is 0 Å². The first-order chi connectivity index (χ1) is 11.1. The van der Waals surface area contributed by atoms with Crippen molar-refractivity contribution in [1.82, 2.24) is 4.98 Å². The summed E-state index contributed by atoms with van der Waals surface area (Å²) in [6.45, 7) is 2.87. The van der Waals surface area contributed by atoms with Crippen molar-refractivity contribution in [3.8, 4) is 17.6 Å². The molecule has 0 aliphatic carbocycles. The zero-order chi connectivity index (χ0) is 16.4. The molecule has 3 rings (SSSR count). The highest BCUT2D eigenvalue weighted by Crippen LogP contribution is 2.36. The zero-order valence-electron chi connectivity index (χ0n) is 12.8. The van der Waals surface area contributed by atoms with Gasteiger partial charge in [-0.1, -0.05) is 18.2 Å². The van der Waals surface area contributed by atoms with Gasteiger partial charge < -0.3 is 9.47 Å². The Morgan fingerprint density at radius 3 is 2.74 bits per heavy atom. The molecule has 1 aliphatic heterocycles. The van der Waals surface area contributed by atoms with Crippen LogP contribution >= 0.6 is 0 Å². The van der Waals surface area contributed by atoms with Crippen LogP contribution in [-0.2, 0) is 16.0 Å². The summed E-state index contributed by atoms with van der Waals surface area (Å²) in [5.74, 6) is 1.27. The van der Waals surface area contributed by atoms with E-state index >= 15 is 0 Å². The number of hydrogen-bond acceptors (Lipinski definition) is 5. The third-order valence-electron chi connectivity index (χ3n) is 3.50. The Bertz CT molecular complexity index is 863. The lowest BCUT2D eigenvalue weighted by molar-refractivity contribution is -0.136. The van der Waals surface area contributed by atoms with Crippen LogP contribution in [0, 0.1) is 11.3 Å². The minimum Gasteiger partial charge on any atom is -0.455 e. The molecule has 2 heterocycles. The SMILES string of the molecule is CC(=O)OC(C)=C(C#N)c1ccc2c(n1)Cc1ccccc1O2. The van der Waals surface area contributed by atoms with E-state index < -0.39 is 5.97 Å². The van der Waals surface area contributed by atoms with Gasteiger partial charge in [-0.2, -0.15) is 5.26 Å².